The van der Waals surface area contributed by atoms with Crippen molar-refractivity contribution in [3.63, 3.8) is 0 Å². The number of halogens is 3. The van der Waals surface area contributed by atoms with Gasteiger partial charge >= 0.3 is 0 Å². The van der Waals surface area contributed by atoms with E-state index >= 15 is 0 Å². The highest BCUT2D eigenvalue weighted by Crippen LogP contribution is 2.43. The summed E-state index contributed by atoms with van der Waals surface area (Å²) in [5, 5.41) is 2.77. The van der Waals surface area contributed by atoms with Crippen LogP contribution in [-0.2, 0) is 21.1 Å². The van der Waals surface area contributed by atoms with E-state index in [1.54, 1.807) is 48.5 Å². The number of rotatable bonds is 7. The number of sulfone groups is 1. The van der Waals surface area contributed by atoms with Crippen LogP contribution in [0.1, 0.15) is 52.4 Å². The molecule has 2 atom stereocenters. The molecule has 2 aliphatic rings. The Kier molecular flexibility index (Phi) is 8.24. The topological polar surface area (TPSA) is 83.6 Å². The number of carbonyl (C=O) groups is 2. The van der Waals surface area contributed by atoms with Gasteiger partial charge in [-0.3, -0.25) is 9.59 Å². The van der Waals surface area contributed by atoms with Gasteiger partial charge in [-0.1, -0.05) is 53.0 Å². The molecule has 10 heteroatoms. The Morgan fingerprint density at radius 2 is 1.74 bits per heavy atom. The molecule has 0 spiro atoms. The minimum absolute atomic E-state index is 0.0761. The zero-order valence-electron chi connectivity index (χ0n) is 21.0. The number of nitrogens with zero attached hydrogens (tertiary/aromatic N) is 1. The first-order valence-electron chi connectivity index (χ1n) is 12.8. The fraction of sp³-hybridized carbons (Fsp3) is 0.310. The molecule has 1 unspecified atom stereocenters. The molecule has 0 bridgehead atoms. The van der Waals surface area contributed by atoms with Gasteiger partial charge in [0.15, 0.2) is 9.84 Å². The van der Waals surface area contributed by atoms with Gasteiger partial charge in [-0.05, 0) is 85.2 Å². The Hall–Kier alpha value is -2.58. The lowest BCUT2D eigenvalue weighted by Gasteiger charge is -2.33. The standard InChI is InChI=1S/C29H27Cl3N2O4S/c30-20-4-1-5-22(16-20)39(37,38)26-15-18(11-13-34-12-3-8-27(34)35)14-19-9-10-21(17-23(19)26)33-29(36)28-24(31)6-2-7-25(28)32/h1-2,4-7,9-10,16-18,26H,3,8,11-15H2,(H,33,36)/t18-,26?/m1/s1. The maximum absolute atomic E-state index is 14.0. The molecule has 0 saturated carbocycles. The smallest absolute Gasteiger partial charge is 0.258 e. The van der Waals surface area contributed by atoms with Crippen molar-refractivity contribution >= 4 is 62.1 Å². The van der Waals surface area contributed by atoms with E-state index in [4.69, 9.17) is 34.8 Å². The highest BCUT2D eigenvalue weighted by atomic mass is 35.5. The van der Waals surface area contributed by atoms with E-state index < -0.39 is 21.0 Å². The van der Waals surface area contributed by atoms with Crippen LogP contribution in [0.3, 0.4) is 0 Å². The number of amides is 2. The molecular weight excluding hydrogens is 579 g/mol. The summed E-state index contributed by atoms with van der Waals surface area (Å²) in [7, 11) is -3.81. The van der Waals surface area contributed by atoms with E-state index in [2.05, 4.69) is 5.32 Å². The van der Waals surface area contributed by atoms with Gasteiger partial charge in [0.05, 0.1) is 25.8 Å². The second-order valence-electron chi connectivity index (χ2n) is 10.0. The fourth-order valence-corrected chi connectivity index (χ4v) is 8.28. The van der Waals surface area contributed by atoms with Gasteiger partial charge in [-0.15, -0.1) is 0 Å². The van der Waals surface area contributed by atoms with E-state index in [0.29, 0.717) is 42.1 Å². The molecule has 1 fully saturated rings. The minimum Gasteiger partial charge on any atom is -0.343 e. The zero-order valence-corrected chi connectivity index (χ0v) is 24.1. The maximum Gasteiger partial charge on any atom is 0.258 e. The highest BCUT2D eigenvalue weighted by Gasteiger charge is 2.37. The molecule has 1 aliphatic heterocycles. The number of carbonyl (C=O) groups excluding carboxylic acids is 2. The number of nitrogens with one attached hydrogen (secondary N) is 1. The summed E-state index contributed by atoms with van der Waals surface area (Å²) in [6.07, 6.45) is 3.25. The summed E-state index contributed by atoms with van der Waals surface area (Å²) < 4.78 is 27.9. The summed E-state index contributed by atoms with van der Waals surface area (Å²) in [4.78, 5) is 27.1. The van der Waals surface area contributed by atoms with Crippen molar-refractivity contribution < 1.29 is 18.0 Å². The number of likely N-dealkylation sites (tertiary alicyclic amines) is 1. The Morgan fingerprint density at radius 3 is 2.44 bits per heavy atom. The molecule has 3 aromatic carbocycles. The highest BCUT2D eigenvalue weighted by molar-refractivity contribution is 7.91. The van der Waals surface area contributed by atoms with Gasteiger partial charge in [0.1, 0.15) is 0 Å². The summed E-state index contributed by atoms with van der Waals surface area (Å²) in [6, 6.07) is 16.5. The van der Waals surface area contributed by atoms with Gasteiger partial charge in [-0.25, -0.2) is 8.42 Å². The Morgan fingerprint density at radius 1 is 1.00 bits per heavy atom. The molecule has 1 saturated heterocycles. The Labute approximate surface area is 243 Å². The second kappa shape index (κ2) is 11.5. The van der Waals surface area contributed by atoms with Crippen LogP contribution in [-0.4, -0.2) is 38.2 Å². The molecule has 1 aliphatic carbocycles. The number of hydrogen-bond acceptors (Lipinski definition) is 4. The Balaban J connectivity index is 1.47. The van der Waals surface area contributed by atoms with E-state index in [0.717, 1.165) is 24.9 Å². The molecule has 204 valence electrons. The van der Waals surface area contributed by atoms with Gasteiger partial charge in [0, 0.05) is 30.2 Å². The van der Waals surface area contributed by atoms with Gasteiger partial charge in [0.2, 0.25) is 5.91 Å². The number of hydrogen-bond donors (Lipinski definition) is 1. The zero-order chi connectivity index (χ0) is 27.7. The molecule has 39 heavy (non-hydrogen) atoms. The summed E-state index contributed by atoms with van der Waals surface area (Å²) in [6.45, 7) is 1.38. The first kappa shape index (κ1) is 28.0. The molecule has 1 heterocycles. The Bertz CT molecular complexity index is 1520. The quantitative estimate of drug-likeness (QED) is 0.315. The van der Waals surface area contributed by atoms with Crippen LogP contribution >= 0.6 is 34.8 Å². The van der Waals surface area contributed by atoms with Gasteiger partial charge < -0.3 is 10.2 Å². The SMILES string of the molecule is O=C(Nc1ccc2c(c1)C(S(=O)(=O)c1cccc(Cl)c1)C[C@H](CCN1CCCC1=O)C2)c1c(Cl)cccc1Cl. The van der Waals surface area contributed by atoms with Crippen molar-refractivity contribution in [3.05, 3.63) is 92.4 Å². The third-order valence-corrected chi connectivity index (χ3v) is 10.4. The van der Waals surface area contributed by atoms with Crippen LogP contribution in [0.4, 0.5) is 5.69 Å². The van der Waals surface area contributed by atoms with E-state index in [-0.39, 0.29) is 32.3 Å². The average Bonchev–Trinajstić information content (AvgIpc) is 3.31. The molecule has 0 radical (unpaired) electrons. The fourth-order valence-electron chi connectivity index (χ4n) is 5.49. The third kappa shape index (κ3) is 5.97. The molecule has 1 N–H and O–H groups in total. The van der Waals surface area contributed by atoms with Crippen molar-refractivity contribution in [2.45, 2.75) is 42.2 Å². The number of fused-ring (bicyclic) bond motifs is 1. The largest absolute Gasteiger partial charge is 0.343 e. The van der Waals surface area contributed by atoms with Gasteiger partial charge in [0.25, 0.3) is 5.91 Å². The molecule has 3 aromatic rings. The third-order valence-electron chi connectivity index (χ3n) is 7.47. The lowest BCUT2D eigenvalue weighted by atomic mass is 9.81. The molecule has 6 nitrogen and oxygen atoms in total. The van der Waals surface area contributed by atoms with Crippen molar-refractivity contribution in [1.82, 2.24) is 4.90 Å². The normalized spacial score (nSPS) is 19.2. The minimum atomic E-state index is -3.81. The maximum atomic E-state index is 14.0. The van der Waals surface area contributed by atoms with Gasteiger partial charge in [-0.2, -0.15) is 0 Å². The summed E-state index contributed by atoms with van der Waals surface area (Å²) >= 11 is 18.6. The molecule has 5 rings (SSSR count). The lowest BCUT2D eigenvalue weighted by molar-refractivity contribution is -0.127. The van der Waals surface area contributed by atoms with Crippen molar-refractivity contribution in [1.29, 1.82) is 0 Å². The first-order valence-corrected chi connectivity index (χ1v) is 15.5. The predicted molar refractivity (Wildman–Crippen MR) is 154 cm³/mol. The molecule has 2 amide bonds. The first-order chi connectivity index (χ1) is 18.6. The average molecular weight is 606 g/mol. The molecular formula is C29H27Cl3N2O4S. The number of anilines is 1. The summed E-state index contributed by atoms with van der Waals surface area (Å²) in [5.41, 5.74) is 2.15. The molecule has 0 aromatic heterocycles. The lowest BCUT2D eigenvalue weighted by Crippen LogP contribution is -2.30. The van der Waals surface area contributed by atoms with E-state index in [9.17, 15) is 18.0 Å². The van der Waals surface area contributed by atoms with Crippen LogP contribution < -0.4 is 5.32 Å². The van der Waals surface area contributed by atoms with Crippen molar-refractivity contribution in [2.75, 3.05) is 18.4 Å². The predicted octanol–water partition coefficient (Wildman–Crippen LogP) is 6.99. The van der Waals surface area contributed by atoms with E-state index in [1.807, 2.05) is 11.0 Å². The van der Waals surface area contributed by atoms with Crippen molar-refractivity contribution in [2.24, 2.45) is 5.92 Å². The van der Waals surface area contributed by atoms with Crippen LogP contribution in [0.5, 0.6) is 0 Å². The summed E-state index contributed by atoms with van der Waals surface area (Å²) in [5.74, 6) is -0.246. The van der Waals surface area contributed by atoms with Crippen LogP contribution in [0, 0.1) is 5.92 Å². The van der Waals surface area contributed by atoms with E-state index in [1.165, 1.54) is 6.07 Å². The number of benzene rings is 3. The second-order valence-corrected chi connectivity index (χ2v) is 13.4. The van der Waals surface area contributed by atoms with Crippen LogP contribution in [0.15, 0.2) is 65.6 Å². The van der Waals surface area contributed by atoms with Crippen LogP contribution in [0.25, 0.3) is 0 Å². The monoisotopic (exact) mass is 604 g/mol. The van der Waals surface area contributed by atoms with Crippen molar-refractivity contribution in [3.8, 4) is 0 Å². The van der Waals surface area contributed by atoms with Crippen LogP contribution in [0.2, 0.25) is 15.1 Å².